The van der Waals surface area contributed by atoms with Gasteiger partial charge in [0.25, 0.3) is 0 Å². The van der Waals surface area contributed by atoms with Crippen molar-refractivity contribution in [1.29, 1.82) is 0 Å². The molecule has 0 bridgehead atoms. The van der Waals surface area contributed by atoms with Crippen molar-refractivity contribution in [2.45, 2.75) is 39.8 Å². The Bertz CT molecular complexity index is 554. The Hall–Kier alpha value is -0.810. The van der Waals surface area contributed by atoms with Gasteiger partial charge in [0, 0.05) is 32.7 Å². The van der Waals surface area contributed by atoms with Gasteiger partial charge in [-0.2, -0.15) is 0 Å². The number of amides is 1. The molecule has 0 radical (unpaired) electrons. The Kier molecular flexibility index (Phi) is 9.94. The van der Waals surface area contributed by atoms with Crippen LogP contribution in [0.1, 0.15) is 37.8 Å². The van der Waals surface area contributed by atoms with Gasteiger partial charge in [0.05, 0.1) is 5.92 Å². The first kappa shape index (κ1) is 23.2. The lowest BCUT2D eigenvalue weighted by atomic mass is 9.91. The first-order chi connectivity index (χ1) is 11.6. The Morgan fingerprint density at radius 1 is 1.15 bits per heavy atom. The van der Waals surface area contributed by atoms with E-state index in [0.29, 0.717) is 6.54 Å². The van der Waals surface area contributed by atoms with Crippen molar-refractivity contribution in [3.63, 3.8) is 0 Å². The summed E-state index contributed by atoms with van der Waals surface area (Å²) >= 11 is 0. The highest BCUT2D eigenvalue weighted by Crippen LogP contribution is 2.23. The number of nitrogens with one attached hydrogen (secondary N) is 2. The number of halogens is 2. The fraction of sp³-hybridized carbons (Fsp3) is 0.650. The fourth-order valence-electron chi connectivity index (χ4n) is 4.25. The lowest BCUT2D eigenvalue weighted by Crippen LogP contribution is -2.38. The van der Waals surface area contributed by atoms with E-state index in [2.05, 4.69) is 53.6 Å². The summed E-state index contributed by atoms with van der Waals surface area (Å²) < 4.78 is 0. The summed E-state index contributed by atoms with van der Waals surface area (Å²) in [6.07, 6.45) is 2.29. The molecule has 2 saturated heterocycles. The topological polar surface area (TPSA) is 44.4 Å². The maximum Gasteiger partial charge on any atom is 0.224 e. The van der Waals surface area contributed by atoms with Gasteiger partial charge >= 0.3 is 0 Å². The second-order valence-electron chi connectivity index (χ2n) is 7.82. The van der Waals surface area contributed by atoms with Gasteiger partial charge in [-0.15, -0.1) is 24.8 Å². The second kappa shape index (κ2) is 11.1. The van der Waals surface area contributed by atoms with Crippen LogP contribution in [0.3, 0.4) is 0 Å². The number of piperidine rings is 1. The number of hydrogen-bond donors (Lipinski definition) is 2. The largest absolute Gasteiger partial charge is 0.352 e. The Morgan fingerprint density at radius 3 is 2.42 bits per heavy atom. The van der Waals surface area contributed by atoms with Crippen LogP contribution in [-0.4, -0.2) is 37.0 Å². The molecule has 148 valence electrons. The molecule has 4 nitrogen and oxygen atoms in total. The number of carbonyl (C=O) groups excluding carboxylic acids is 1. The molecule has 0 spiro atoms. The van der Waals surface area contributed by atoms with E-state index in [-0.39, 0.29) is 36.6 Å². The molecule has 0 saturated carbocycles. The van der Waals surface area contributed by atoms with Crippen molar-refractivity contribution >= 4 is 30.7 Å². The van der Waals surface area contributed by atoms with E-state index in [1.165, 1.54) is 30.6 Å². The molecule has 2 fully saturated rings. The Balaban J connectivity index is 0.00000169. The van der Waals surface area contributed by atoms with E-state index in [0.717, 1.165) is 37.9 Å². The summed E-state index contributed by atoms with van der Waals surface area (Å²) in [6.45, 7) is 10.5. The van der Waals surface area contributed by atoms with Crippen LogP contribution in [0.5, 0.6) is 0 Å². The normalized spacial score (nSPS) is 25.8. The Morgan fingerprint density at radius 2 is 1.81 bits per heavy atom. The maximum absolute atomic E-state index is 12.2. The minimum atomic E-state index is 0. The van der Waals surface area contributed by atoms with Crippen LogP contribution >= 0.6 is 24.8 Å². The zero-order valence-corrected chi connectivity index (χ0v) is 17.5. The van der Waals surface area contributed by atoms with Crippen molar-refractivity contribution in [3.05, 3.63) is 35.4 Å². The standard InChI is InChI=1S/C20H31N3O.2ClH/c1-15-9-16(2)13-23(12-15)14-19-6-4-3-5-17(19)11-22-20(24)18-7-8-21-10-18;;/h3-6,15-16,18,21H,7-14H2,1-2H3,(H,22,24);2*1H. The van der Waals surface area contributed by atoms with Gasteiger partial charge in [-0.1, -0.05) is 38.1 Å². The van der Waals surface area contributed by atoms with Crippen molar-refractivity contribution < 1.29 is 4.79 Å². The summed E-state index contributed by atoms with van der Waals surface area (Å²) in [6, 6.07) is 8.55. The number of benzene rings is 1. The number of likely N-dealkylation sites (tertiary alicyclic amines) is 1. The average molecular weight is 402 g/mol. The molecule has 0 aliphatic carbocycles. The molecule has 1 aromatic rings. The van der Waals surface area contributed by atoms with Gasteiger partial charge in [0.15, 0.2) is 0 Å². The minimum Gasteiger partial charge on any atom is -0.352 e. The molecule has 2 heterocycles. The molecule has 2 aliphatic rings. The zero-order chi connectivity index (χ0) is 16.9. The first-order valence-corrected chi connectivity index (χ1v) is 9.39. The molecule has 3 unspecified atom stereocenters. The van der Waals surface area contributed by atoms with E-state index in [9.17, 15) is 4.79 Å². The van der Waals surface area contributed by atoms with Crippen molar-refractivity contribution in [2.24, 2.45) is 17.8 Å². The van der Waals surface area contributed by atoms with Crippen LogP contribution in [-0.2, 0) is 17.9 Å². The van der Waals surface area contributed by atoms with Gasteiger partial charge < -0.3 is 10.6 Å². The van der Waals surface area contributed by atoms with Crippen LogP contribution in [0.25, 0.3) is 0 Å². The molecular formula is C20H33Cl2N3O. The number of hydrogen-bond acceptors (Lipinski definition) is 3. The molecule has 3 rings (SSSR count). The van der Waals surface area contributed by atoms with Gasteiger partial charge in [0.1, 0.15) is 0 Å². The fourth-order valence-corrected chi connectivity index (χ4v) is 4.25. The molecule has 6 heteroatoms. The first-order valence-electron chi connectivity index (χ1n) is 9.39. The van der Waals surface area contributed by atoms with Crippen LogP contribution in [0.2, 0.25) is 0 Å². The maximum atomic E-state index is 12.2. The summed E-state index contributed by atoms with van der Waals surface area (Å²) in [4.78, 5) is 14.8. The lowest BCUT2D eigenvalue weighted by molar-refractivity contribution is -0.124. The molecule has 0 aromatic heterocycles. The van der Waals surface area contributed by atoms with Crippen LogP contribution in [0.4, 0.5) is 0 Å². The Labute approximate surface area is 170 Å². The van der Waals surface area contributed by atoms with E-state index < -0.39 is 0 Å². The van der Waals surface area contributed by atoms with E-state index in [1.54, 1.807) is 0 Å². The minimum absolute atomic E-state index is 0. The van der Waals surface area contributed by atoms with Crippen molar-refractivity contribution in [2.75, 3.05) is 26.2 Å². The lowest BCUT2D eigenvalue weighted by Gasteiger charge is -2.35. The average Bonchev–Trinajstić information content (AvgIpc) is 3.07. The molecule has 1 amide bonds. The molecular weight excluding hydrogens is 369 g/mol. The van der Waals surface area contributed by atoms with Crippen LogP contribution < -0.4 is 10.6 Å². The third kappa shape index (κ3) is 6.41. The monoisotopic (exact) mass is 401 g/mol. The van der Waals surface area contributed by atoms with Gasteiger partial charge in [0.2, 0.25) is 5.91 Å². The molecule has 1 aromatic carbocycles. The number of nitrogens with zero attached hydrogens (tertiary/aromatic N) is 1. The zero-order valence-electron chi connectivity index (χ0n) is 15.9. The smallest absolute Gasteiger partial charge is 0.224 e. The molecule has 2 N–H and O–H groups in total. The number of rotatable bonds is 5. The highest BCUT2D eigenvalue weighted by molar-refractivity contribution is 5.85. The van der Waals surface area contributed by atoms with Gasteiger partial charge in [-0.3, -0.25) is 9.69 Å². The highest BCUT2D eigenvalue weighted by Gasteiger charge is 2.23. The molecule has 26 heavy (non-hydrogen) atoms. The van der Waals surface area contributed by atoms with E-state index >= 15 is 0 Å². The van der Waals surface area contributed by atoms with E-state index in [1.807, 2.05) is 0 Å². The summed E-state index contributed by atoms with van der Waals surface area (Å²) in [5, 5.41) is 6.40. The predicted molar refractivity (Wildman–Crippen MR) is 112 cm³/mol. The van der Waals surface area contributed by atoms with Crippen molar-refractivity contribution in [3.8, 4) is 0 Å². The second-order valence-corrected chi connectivity index (χ2v) is 7.82. The summed E-state index contributed by atoms with van der Waals surface area (Å²) in [5.41, 5.74) is 2.60. The third-order valence-corrected chi connectivity index (χ3v) is 5.34. The van der Waals surface area contributed by atoms with Gasteiger partial charge in [-0.25, -0.2) is 0 Å². The third-order valence-electron chi connectivity index (χ3n) is 5.34. The molecule has 3 atom stereocenters. The van der Waals surface area contributed by atoms with Crippen molar-refractivity contribution in [1.82, 2.24) is 15.5 Å². The predicted octanol–water partition coefficient (Wildman–Crippen LogP) is 3.23. The highest BCUT2D eigenvalue weighted by atomic mass is 35.5. The van der Waals surface area contributed by atoms with E-state index in [4.69, 9.17) is 0 Å². The summed E-state index contributed by atoms with van der Waals surface area (Å²) in [7, 11) is 0. The van der Waals surface area contributed by atoms with Crippen LogP contribution in [0, 0.1) is 17.8 Å². The SMILES string of the molecule is CC1CC(C)CN(Cc2ccccc2CNC(=O)C2CCNC2)C1.Cl.Cl. The van der Waals surface area contributed by atoms with Crippen LogP contribution in [0.15, 0.2) is 24.3 Å². The quantitative estimate of drug-likeness (QED) is 0.795. The van der Waals surface area contributed by atoms with Gasteiger partial charge in [-0.05, 0) is 42.3 Å². The summed E-state index contributed by atoms with van der Waals surface area (Å²) in [5.74, 6) is 1.88. The number of carbonyl (C=O) groups is 1. The molecule has 2 aliphatic heterocycles.